The van der Waals surface area contributed by atoms with Crippen LogP contribution in [0.25, 0.3) is 55.0 Å². The molecule has 0 radical (unpaired) electrons. The fourth-order valence-corrected chi connectivity index (χ4v) is 4.91. The highest BCUT2D eigenvalue weighted by Crippen LogP contribution is 2.35. The summed E-state index contributed by atoms with van der Waals surface area (Å²) in [6.07, 6.45) is 3.39. The molecule has 6 aromatic rings. The maximum atomic E-state index is 12.4. The van der Waals surface area contributed by atoms with Crippen molar-refractivity contribution >= 4 is 44.9 Å². The molecular weight excluding hydrogens is 468 g/mol. The zero-order valence-electron chi connectivity index (χ0n) is 20.1. The van der Waals surface area contributed by atoms with E-state index in [2.05, 4.69) is 67.3 Å². The highest BCUT2D eigenvalue weighted by atomic mass is 32.1. The van der Waals surface area contributed by atoms with Gasteiger partial charge in [0.1, 0.15) is 11.2 Å². The van der Waals surface area contributed by atoms with E-state index in [9.17, 15) is 4.79 Å². The molecule has 0 bridgehead atoms. The maximum absolute atomic E-state index is 12.4. The molecule has 1 aromatic carbocycles. The summed E-state index contributed by atoms with van der Waals surface area (Å²) in [5, 5.41) is 13.9. The van der Waals surface area contributed by atoms with E-state index in [1.54, 1.807) is 23.7 Å². The second-order valence-electron chi connectivity index (χ2n) is 9.76. The Hall–Kier alpha value is -4.30. The van der Waals surface area contributed by atoms with E-state index in [0.29, 0.717) is 5.69 Å². The Bertz CT molecular complexity index is 1720. The summed E-state index contributed by atoms with van der Waals surface area (Å²) in [4.78, 5) is 26.4. The Labute approximate surface area is 211 Å². The summed E-state index contributed by atoms with van der Waals surface area (Å²) in [7, 11) is 0. The van der Waals surface area contributed by atoms with Gasteiger partial charge in [-0.2, -0.15) is 5.10 Å². The van der Waals surface area contributed by atoms with Crippen LogP contribution in [0, 0.1) is 5.41 Å². The Morgan fingerprint density at radius 3 is 2.69 bits per heavy atom. The molecule has 0 aliphatic rings. The zero-order chi connectivity index (χ0) is 24.9. The van der Waals surface area contributed by atoms with Crippen LogP contribution in [0.4, 0.5) is 5.69 Å². The molecule has 8 heteroatoms. The highest BCUT2D eigenvalue weighted by Gasteiger charge is 2.21. The number of fused-ring (bicyclic) bond motifs is 2. The predicted octanol–water partition coefficient (Wildman–Crippen LogP) is 6.88. The van der Waals surface area contributed by atoms with Gasteiger partial charge < -0.3 is 10.3 Å². The Balaban J connectivity index is 1.40. The van der Waals surface area contributed by atoms with Crippen LogP contribution in [0.3, 0.4) is 0 Å². The van der Waals surface area contributed by atoms with Gasteiger partial charge in [0.2, 0.25) is 5.91 Å². The minimum absolute atomic E-state index is 0.0669. The Morgan fingerprint density at radius 1 is 1.00 bits per heavy atom. The monoisotopic (exact) mass is 492 g/mol. The highest BCUT2D eigenvalue weighted by molar-refractivity contribution is 7.13. The van der Waals surface area contributed by atoms with Crippen LogP contribution in [-0.2, 0) is 4.79 Å². The second kappa shape index (κ2) is 8.42. The SMILES string of the molecule is CC(C)(C)C(=O)Nc1cncc(-c2ccc3[nH]nc(-c4cc5c(-c6cccs6)cccc5[nH]4)c3n2)c1. The van der Waals surface area contributed by atoms with Gasteiger partial charge in [0.15, 0.2) is 0 Å². The van der Waals surface area contributed by atoms with Crippen LogP contribution in [0.2, 0.25) is 0 Å². The number of pyridine rings is 2. The van der Waals surface area contributed by atoms with E-state index in [0.717, 1.165) is 44.6 Å². The lowest BCUT2D eigenvalue weighted by Gasteiger charge is -2.17. The number of nitrogens with zero attached hydrogens (tertiary/aromatic N) is 3. The van der Waals surface area contributed by atoms with Crippen LogP contribution in [-0.4, -0.2) is 31.1 Å². The number of rotatable bonds is 4. The topological polar surface area (TPSA) is 99.4 Å². The van der Waals surface area contributed by atoms with Crippen molar-refractivity contribution in [3.63, 3.8) is 0 Å². The smallest absolute Gasteiger partial charge is 0.229 e. The van der Waals surface area contributed by atoms with Crippen molar-refractivity contribution in [3.05, 3.63) is 72.4 Å². The number of carbonyl (C=O) groups is 1. The number of carbonyl (C=O) groups excluding carboxylic acids is 1. The van der Waals surface area contributed by atoms with Gasteiger partial charge in [-0.05, 0) is 41.8 Å². The van der Waals surface area contributed by atoms with Gasteiger partial charge in [-0.15, -0.1) is 11.3 Å². The molecule has 6 rings (SSSR count). The van der Waals surface area contributed by atoms with Gasteiger partial charge in [-0.1, -0.05) is 39.0 Å². The number of H-pyrrole nitrogens is 2. The summed E-state index contributed by atoms with van der Waals surface area (Å²) in [6, 6.07) is 18.4. The summed E-state index contributed by atoms with van der Waals surface area (Å²) >= 11 is 1.73. The molecule has 0 aliphatic carbocycles. The van der Waals surface area contributed by atoms with Gasteiger partial charge in [0, 0.05) is 38.5 Å². The summed E-state index contributed by atoms with van der Waals surface area (Å²) in [5.74, 6) is -0.0669. The number of benzene rings is 1. The van der Waals surface area contributed by atoms with Crippen molar-refractivity contribution in [3.8, 4) is 33.1 Å². The average Bonchev–Trinajstić information content (AvgIpc) is 3.62. The number of anilines is 1. The summed E-state index contributed by atoms with van der Waals surface area (Å²) in [5.41, 5.74) is 7.21. The number of hydrogen-bond acceptors (Lipinski definition) is 5. The molecule has 0 saturated carbocycles. The molecule has 178 valence electrons. The van der Waals surface area contributed by atoms with E-state index >= 15 is 0 Å². The fourth-order valence-electron chi connectivity index (χ4n) is 4.14. The second-order valence-corrected chi connectivity index (χ2v) is 10.7. The minimum Gasteiger partial charge on any atom is -0.353 e. The van der Waals surface area contributed by atoms with Gasteiger partial charge >= 0.3 is 0 Å². The molecule has 5 aromatic heterocycles. The molecule has 36 heavy (non-hydrogen) atoms. The number of aromatic nitrogens is 5. The summed E-state index contributed by atoms with van der Waals surface area (Å²) in [6.45, 7) is 5.63. The third kappa shape index (κ3) is 3.95. The van der Waals surface area contributed by atoms with E-state index in [4.69, 9.17) is 4.98 Å². The van der Waals surface area contributed by atoms with Gasteiger partial charge in [0.25, 0.3) is 0 Å². The molecule has 0 fully saturated rings. The molecule has 0 atom stereocenters. The molecule has 3 N–H and O–H groups in total. The molecule has 0 spiro atoms. The van der Waals surface area contributed by atoms with Gasteiger partial charge in [-0.3, -0.25) is 14.9 Å². The Kier molecular flexibility index (Phi) is 5.19. The van der Waals surface area contributed by atoms with Crippen LogP contribution >= 0.6 is 11.3 Å². The van der Waals surface area contributed by atoms with Crippen LogP contribution in [0.15, 0.2) is 72.4 Å². The molecule has 0 saturated heterocycles. The lowest BCUT2D eigenvalue weighted by Crippen LogP contribution is -2.27. The van der Waals surface area contributed by atoms with Crippen molar-refractivity contribution in [2.45, 2.75) is 20.8 Å². The van der Waals surface area contributed by atoms with E-state index in [-0.39, 0.29) is 5.91 Å². The first-order valence-corrected chi connectivity index (χ1v) is 12.5. The molecule has 5 heterocycles. The molecular formula is C28H24N6OS. The lowest BCUT2D eigenvalue weighted by atomic mass is 9.95. The van der Waals surface area contributed by atoms with E-state index < -0.39 is 5.41 Å². The zero-order valence-corrected chi connectivity index (χ0v) is 20.9. The Morgan fingerprint density at radius 2 is 1.89 bits per heavy atom. The average molecular weight is 493 g/mol. The van der Waals surface area contributed by atoms with Crippen molar-refractivity contribution in [2.24, 2.45) is 5.41 Å². The quantitative estimate of drug-likeness (QED) is 0.250. The number of aromatic amines is 2. The largest absolute Gasteiger partial charge is 0.353 e. The van der Waals surface area contributed by atoms with Crippen LogP contribution < -0.4 is 5.32 Å². The first-order chi connectivity index (χ1) is 17.4. The van der Waals surface area contributed by atoms with Crippen LogP contribution in [0.1, 0.15) is 20.8 Å². The first kappa shape index (κ1) is 22.2. The van der Waals surface area contributed by atoms with Crippen LogP contribution in [0.5, 0.6) is 0 Å². The maximum Gasteiger partial charge on any atom is 0.229 e. The predicted molar refractivity (Wildman–Crippen MR) is 146 cm³/mol. The molecule has 0 aliphatic heterocycles. The first-order valence-electron chi connectivity index (χ1n) is 11.6. The molecule has 0 unspecified atom stereocenters. The number of thiophene rings is 1. The lowest BCUT2D eigenvalue weighted by molar-refractivity contribution is -0.123. The standard InChI is InChI=1S/C28H24N6OS/c1-28(2,3)27(35)30-17-12-16(14-29-15-17)20-9-10-22-25(32-20)26(34-33-22)23-13-19-18(24-8-5-11-36-24)6-4-7-21(19)31-23/h4-15,31H,1-3H3,(H,30,35)(H,33,34). The summed E-state index contributed by atoms with van der Waals surface area (Å²) < 4.78 is 0. The number of hydrogen-bond donors (Lipinski definition) is 3. The molecule has 7 nitrogen and oxygen atoms in total. The van der Waals surface area contributed by atoms with E-state index in [1.807, 2.05) is 39.0 Å². The third-order valence-electron chi connectivity index (χ3n) is 6.09. The van der Waals surface area contributed by atoms with Crippen molar-refractivity contribution < 1.29 is 4.79 Å². The van der Waals surface area contributed by atoms with Crippen molar-refractivity contribution in [2.75, 3.05) is 5.32 Å². The normalized spacial score (nSPS) is 11.9. The van der Waals surface area contributed by atoms with E-state index in [1.165, 1.54) is 10.4 Å². The molecule has 1 amide bonds. The van der Waals surface area contributed by atoms with Crippen molar-refractivity contribution in [1.82, 2.24) is 25.1 Å². The van der Waals surface area contributed by atoms with Crippen molar-refractivity contribution in [1.29, 1.82) is 0 Å². The van der Waals surface area contributed by atoms with Gasteiger partial charge in [-0.25, -0.2) is 4.98 Å². The number of nitrogens with one attached hydrogen (secondary N) is 3. The fraction of sp³-hybridized carbons (Fsp3) is 0.143. The van der Waals surface area contributed by atoms with Gasteiger partial charge in [0.05, 0.1) is 28.8 Å². The number of amides is 1. The minimum atomic E-state index is -0.498. The third-order valence-corrected chi connectivity index (χ3v) is 6.99.